The van der Waals surface area contributed by atoms with E-state index in [2.05, 4.69) is 13.8 Å². The van der Waals surface area contributed by atoms with Gasteiger partial charge in [-0.1, -0.05) is 44.2 Å². The van der Waals surface area contributed by atoms with Crippen molar-refractivity contribution in [3.63, 3.8) is 0 Å². The fourth-order valence-corrected chi connectivity index (χ4v) is 2.46. The Morgan fingerprint density at radius 2 is 1.74 bits per heavy atom. The second kappa shape index (κ2) is 5.70. The van der Waals surface area contributed by atoms with Crippen molar-refractivity contribution in [2.24, 2.45) is 0 Å². The van der Waals surface area contributed by atoms with E-state index >= 15 is 0 Å². The molecule has 0 atom stereocenters. The third-order valence-corrected chi connectivity index (χ3v) is 3.41. The lowest BCUT2D eigenvalue weighted by Gasteiger charge is -2.14. The van der Waals surface area contributed by atoms with Crippen LogP contribution in [-0.2, 0) is 12.8 Å². The summed E-state index contributed by atoms with van der Waals surface area (Å²) in [7, 11) is 0. The summed E-state index contributed by atoms with van der Waals surface area (Å²) >= 11 is 0. The van der Waals surface area contributed by atoms with Crippen LogP contribution in [0.5, 0.6) is 0 Å². The third-order valence-electron chi connectivity index (χ3n) is 3.41. The molecule has 0 aliphatic carbocycles. The molecule has 0 aliphatic rings. The van der Waals surface area contributed by atoms with Crippen LogP contribution in [0.3, 0.4) is 0 Å². The normalized spacial score (nSPS) is 10.4. The van der Waals surface area contributed by atoms with Gasteiger partial charge in [0.1, 0.15) is 0 Å². The van der Waals surface area contributed by atoms with E-state index in [1.807, 2.05) is 30.3 Å². The smallest absolute Gasteiger partial charge is 0.335 e. The molecule has 0 heterocycles. The molecule has 2 aromatic carbocycles. The van der Waals surface area contributed by atoms with E-state index in [-0.39, 0.29) is 0 Å². The van der Waals surface area contributed by atoms with E-state index in [1.165, 1.54) is 5.56 Å². The average molecular weight is 254 g/mol. The second-order valence-corrected chi connectivity index (χ2v) is 4.54. The molecule has 98 valence electrons. The third kappa shape index (κ3) is 2.68. The maximum atomic E-state index is 11.3. The summed E-state index contributed by atoms with van der Waals surface area (Å²) in [6.07, 6.45) is 1.76. The molecule has 2 rings (SSSR count). The zero-order valence-corrected chi connectivity index (χ0v) is 11.3. The number of rotatable bonds is 4. The topological polar surface area (TPSA) is 37.3 Å². The largest absolute Gasteiger partial charge is 0.478 e. The molecule has 0 radical (unpaired) electrons. The highest BCUT2D eigenvalue weighted by Gasteiger charge is 2.13. The number of hydrogen-bond donors (Lipinski definition) is 1. The molecule has 0 bridgehead atoms. The van der Waals surface area contributed by atoms with Gasteiger partial charge in [0.2, 0.25) is 0 Å². The fourth-order valence-electron chi connectivity index (χ4n) is 2.46. The van der Waals surface area contributed by atoms with E-state index in [9.17, 15) is 9.90 Å². The van der Waals surface area contributed by atoms with E-state index in [0.717, 1.165) is 29.5 Å². The number of hydrogen-bond acceptors (Lipinski definition) is 1. The van der Waals surface area contributed by atoms with Crippen molar-refractivity contribution in [3.05, 3.63) is 59.2 Å². The Morgan fingerprint density at radius 1 is 1.05 bits per heavy atom. The zero-order chi connectivity index (χ0) is 13.8. The van der Waals surface area contributed by atoms with Gasteiger partial charge in [-0.15, -0.1) is 0 Å². The van der Waals surface area contributed by atoms with E-state index in [1.54, 1.807) is 12.1 Å². The molecule has 19 heavy (non-hydrogen) atoms. The zero-order valence-electron chi connectivity index (χ0n) is 11.3. The fraction of sp³-hybridized carbons (Fsp3) is 0.235. The van der Waals surface area contributed by atoms with Gasteiger partial charge in [-0.3, -0.25) is 0 Å². The Balaban J connectivity index is 2.70. The summed E-state index contributed by atoms with van der Waals surface area (Å²) in [6, 6.07) is 13.6. The minimum absolute atomic E-state index is 0.368. The molecule has 2 heteroatoms. The lowest BCUT2D eigenvalue weighted by molar-refractivity contribution is 0.0697. The maximum absolute atomic E-state index is 11.3. The van der Waals surface area contributed by atoms with Crippen molar-refractivity contribution < 1.29 is 9.90 Å². The van der Waals surface area contributed by atoms with Crippen LogP contribution < -0.4 is 0 Å². The van der Waals surface area contributed by atoms with Crippen molar-refractivity contribution in [1.82, 2.24) is 0 Å². The van der Waals surface area contributed by atoms with E-state index < -0.39 is 5.97 Å². The maximum Gasteiger partial charge on any atom is 0.335 e. The van der Waals surface area contributed by atoms with E-state index in [0.29, 0.717) is 5.56 Å². The number of carbonyl (C=O) groups is 1. The van der Waals surface area contributed by atoms with Gasteiger partial charge in [0, 0.05) is 0 Å². The van der Waals surface area contributed by atoms with Gasteiger partial charge in [-0.2, -0.15) is 0 Å². The molecule has 0 aromatic heterocycles. The second-order valence-electron chi connectivity index (χ2n) is 4.54. The van der Waals surface area contributed by atoms with Crippen molar-refractivity contribution >= 4 is 5.97 Å². The summed E-state index contributed by atoms with van der Waals surface area (Å²) in [6.45, 7) is 4.18. The lowest BCUT2D eigenvalue weighted by atomic mass is 9.90. The number of aryl methyl sites for hydroxylation is 1. The molecule has 0 fully saturated rings. The first-order chi connectivity index (χ1) is 9.17. The van der Waals surface area contributed by atoms with E-state index in [4.69, 9.17) is 0 Å². The minimum Gasteiger partial charge on any atom is -0.478 e. The Labute approximate surface area is 113 Å². The molecule has 0 amide bonds. The van der Waals surface area contributed by atoms with Gasteiger partial charge >= 0.3 is 5.97 Å². The molecular weight excluding hydrogens is 236 g/mol. The molecule has 2 nitrogen and oxygen atoms in total. The molecule has 0 unspecified atom stereocenters. The molecule has 1 N–H and O–H groups in total. The molecule has 0 saturated heterocycles. The first-order valence-corrected chi connectivity index (χ1v) is 6.61. The lowest BCUT2D eigenvalue weighted by Crippen LogP contribution is -2.03. The van der Waals surface area contributed by atoms with Crippen molar-refractivity contribution in [1.29, 1.82) is 0 Å². The van der Waals surface area contributed by atoms with Gasteiger partial charge in [0.15, 0.2) is 0 Å². The van der Waals surface area contributed by atoms with Gasteiger partial charge in [0.25, 0.3) is 0 Å². The first-order valence-electron chi connectivity index (χ1n) is 6.61. The summed E-state index contributed by atoms with van der Waals surface area (Å²) < 4.78 is 0. The van der Waals surface area contributed by atoms with Gasteiger partial charge < -0.3 is 5.11 Å². The standard InChI is InChI=1S/C17H18O2/c1-3-12-10-14(17(18)19)11-16(15(12)4-2)13-8-6-5-7-9-13/h5-11H,3-4H2,1-2H3,(H,18,19). The SMILES string of the molecule is CCc1cc(C(=O)O)cc(-c2ccccc2)c1CC. The Hall–Kier alpha value is -2.09. The van der Waals surface area contributed by atoms with Crippen molar-refractivity contribution in [2.45, 2.75) is 26.7 Å². The number of carboxylic acid groups (broad SMARTS) is 1. The Bertz CT molecular complexity index is 586. The molecule has 0 spiro atoms. The molecule has 0 aliphatic heterocycles. The first kappa shape index (κ1) is 13.3. The molecule has 2 aromatic rings. The Morgan fingerprint density at radius 3 is 2.26 bits per heavy atom. The quantitative estimate of drug-likeness (QED) is 0.888. The summed E-state index contributed by atoms with van der Waals surface area (Å²) in [5.74, 6) is -0.866. The van der Waals surface area contributed by atoms with Crippen LogP contribution >= 0.6 is 0 Å². The van der Waals surface area contributed by atoms with Crippen LogP contribution in [0.1, 0.15) is 35.3 Å². The number of carboxylic acids is 1. The number of aromatic carboxylic acids is 1. The van der Waals surface area contributed by atoms with Crippen LogP contribution in [0, 0.1) is 0 Å². The summed E-state index contributed by atoms with van der Waals surface area (Å²) in [5, 5.41) is 9.24. The van der Waals surface area contributed by atoms with Gasteiger partial charge in [-0.05, 0) is 47.2 Å². The van der Waals surface area contributed by atoms with Gasteiger partial charge in [0.05, 0.1) is 5.56 Å². The monoisotopic (exact) mass is 254 g/mol. The Kier molecular flexibility index (Phi) is 4.00. The van der Waals surface area contributed by atoms with Crippen LogP contribution in [0.2, 0.25) is 0 Å². The average Bonchev–Trinajstić information content (AvgIpc) is 2.46. The highest BCUT2D eigenvalue weighted by Crippen LogP contribution is 2.29. The van der Waals surface area contributed by atoms with Crippen LogP contribution in [0.15, 0.2) is 42.5 Å². The highest BCUT2D eigenvalue weighted by molar-refractivity contribution is 5.90. The predicted octanol–water partition coefficient (Wildman–Crippen LogP) is 4.18. The summed E-state index contributed by atoms with van der Waals surface area (Å²) in [5.41, 5.74) is 4.87. The summed E-state index contributed by atoms with van der Waals surface area (Å²) in [4.78, 5) is 11.3. The minimum atomic E-state index is -0.866. The highest BCUT2D eigenvalue weighted by atomic mass is 16.4. The van der Waals surface area contributed by atoms with Crippen LogP contribution in [0.4, 0.5) is 0 Å². The molecular formula is C17H18O2. The van der Waals surface area contributed by atoms with Crippen LogP contribution in [0.25, 0.3) is 11.1 Å². The van der Waals surface area contributed by atoms with Crippen molar-refractivity contribution in [3.8, 4) is 11.1 Å². The van der Waals surface area contributed by atoms with Gasteiger partial charge in [-0.25, -0.2) is 4.79 Å². The van der Waals surface area contributed by atoms with Crippen molar-refractivity contribution in [2.75, 3.05) is 0 Å². The number of benzene rings is 2. The van der Waals surface area contributed by atoms with Crippen LogP contribution in [-0.4, -0.2) is 11.1 Å². The molecule has 0 saturated carbocycles. The predicted molar refractivity (Wildman–Crippen MR) is 77.6 cm³/mol.